The van der Waals surface area contributed by atoms with E-state index in [9.17, 15) is 0 Å². The van der Waals surface area contributed by atoms with Crippen molar-refractivity contribution in [3.05, 3.63) is 24.0 Å². The van der Waals surface area contributed by atoms with Crippen LogP contribution in [0.25, 0.3) is 0 Å². The van der Waals surface area contributed by atoms with Crippen LogP contribution in [-0.2, 0) is 6.54 Å². The van der Waals surface area contributed by atoms with Gasteiger partial charge in [-0.2, -0.15) is 0 Å². The molecule has 13 heavy (non-hydrogen) atoms. The number of methoxy groups -OCH3 is 1. The van der Waals surface area contributed by atoms with E-state index in [2.05, 4.69) is 24.1 Å². The minimum atomic E-state index is 0.484. The summed E-state index contributed by atoms with van der Waals surface area (Å²) in [5, 5.41) is 3.33. The number of ether oxygens (including phenoxy) is 1. The maximum atomic E-state index is 5.18. The van der Waals surface area contributed by atoms with E-state index in [-0.39, 0.29) is 0 Å². The Morgan fingerprint density at radius 2 is 2.31 bits per heavy atom. The topological polar surface area (TPSA) is 34.1 Å². The first-order valence-corrected chi connectivity index (χ1v) is 4.44. The Morgan fingerprint density at radius 1 is 1.54 bits per heavy atom. The van der Waals surface area contributed by atoms with Gasteiger partial charge in [-0.05, 0) is 6.07 Å². The normalized spacial score (nSPS) is 10.5. The number of hydrogen-bond donors (Lipinski definition) is 1. The second-order valence-electron chi connectivity index (χ2n) is 3.22. The molecule has 1 N–H and O–H groups in total. The van der Waals surface area contributed by atoms with E-state index >= 15 is 0 Å². The number of nitrogens with one attached hydrogen (secondary N) is 1. The molecule has 1 aromatic heterocycles. The van der Waals surface area contributed by atoms with E-state index in [0.717, 1.165) is 17.9 Å². The van der Waals surface area contributed by atoms with Gasteiger partial charge >= 0.3 is 0 Å². The van der Waals surface area contributed by atoms with Crippen molar-refractivity contribution in [2.45, 2.75) is 26.4 Å². The molecule has 0 aromatic carbocycles. The largest absolute Gasteiger partial charge is 0.495 e. The molecule has 3 nitrogen and oxygen atoms in total. The molecular formula is C10H16N2O. The fourth-order valence-corrected chi connectivity index (χ4v) is 1.05. The monoisotopic (exact) mass is 180 g/mol. The standard InChI is InChI=1S/C10H16N2O/c1-8(2)12-6-9-4-5-11-7-10(9)13-3/h4-5,7-8,12H,6H2,1-3H3. The van der Waals surface area contributed by atoms with Gasteiger partial charge in [-0.1, -0.05) is 13.8 Å². The molecule has 1 aromatic rings. The van der Waals surface area contributed by atoms with Gasteiger partial charge in [0.2, 0.25) is 0 Å². The highest BCUT2D eigenvalue weighted by Gasteiger charge is 2.01. The summed E-state index contributed by atoms with van der Waals surface area (Å²) >= 11 is 0. The first kappa shape index (κ1) is 9.99. The molecule has 0 bridgehead atoms. The molecule has 0 aliphatic heterocycles. The third kappa shape index (κ3) is 3.03. The van der Waals surface area contributed by atoms with Crippen molar-refractivity contribution in [3.63, 3.8) is 0 Å². The SMILES string of the molecule is COc1cnccc1CNC(C)C. The highest BCUT2D eigenvalue weighted by Crippen LogP contribution is 2.14. The second kappa shape index (κ2) is 4.82. The molecule has 0 amide bonds. The maximum Gasteiger partial charge on any atom is 0.141 e. The van der Waals surface area contributed by atoms with Crippen LogP contribution in [0.2, 0.25) is 0 Å². The van der Waals surface area contributed by atoms with Gasteiger partial charge in [-0.25, -0.2) is 0 Å². The zero-order valence-electron chi connectivity index (χ0n) is 8.37. The Hall–Kier alpha value is -1.09. The molecule has 0 saturated carbocycles. The van der Waals surface area contributed by atoms with E-state index in [1.807, 2.05) is 6.07 Å². The van der Waals surface area contributed by atoms with E-state index in [1.54, 1.807) is 19.5 Å². The summed E-state index contributed by atoms with van der Waals surface area (Å²) in [5.41, 5.74) is 1.14. The molecule has 0 unspecified atom stereocenters. The minimum absolute atomic E-state index is 0.484. The summed E-state index contributed by atoms with van der Waals surface area (Å²) in [5.74, 6) is 0.843. The molecule has 0 atom stereocenters. The molecule has 0 spiro atoms. The average molecular weight is 180 g/mol. The Kier molecular flexibility index (Phi) is 3.71. The van der Waals surface area contributed by atoms with E-state index < -0.39 is 0 Å². The van der Waals surface area contributed by atoms with Crippen molar-refractivity contribution in [1.82, 2.24) is 10.3 Å². The molecule has 0 radical (unpaired) electrons. The van der Waals surface area contributed by atoms with Gasteiger partial charge in [0.25, 0.3) is 0 Å². The number of rotatable bonds is 4. The van der Waals surface area contributed by atoms with Crippen LogP contribution in [-0.4, -0.2) is 18.1 Å². The van der Waals surface area contributed by atoms with Crippen molar-refractivity contribution in [2.24, 2.45) is 0 Å². The van der Waals surface area contributed by atoms with Crippen molar-refractivity contribution in [2.75, 3.05) is 7.11 Å². The quantitative estimate of drug-likeness (QED) is 0.764. The smallest absolute Gasteiger partial charge is 0.141 e. The van der Waals surface area contributed by atoms with Crippen molar-refractivity contribution in [1.29, 1.82) is 0 Å². The van der Waals surface area contributed by atoms with Gasteiger partial charge < -0.3 is 10.1 Å². The zero-order valence-corrected chi connectivity index (χ0v) is 8.37. The predicted molar refractivity (Wildman–Crippen MR) is 52.8 cm³/mol. The van der Waals surface area contributed by atoms with Crippen LogP contribution in [0.3, 0.4) is 0 Å². The molecule has 0 fully saturated rings. The van der Waals surface area contributed by atoms with Crippen LogP contribution in [0.5, 0.6) is 5.75 Å². The molecular weight excluding hydrogens is 164 g/mol. The van der Waals surface area contributed by atoms with Crippen LogP contribution in [0.15, 0.2) is 18.5 Å². The summed E-state index contributed by atoms with van der Waals surface area (Å²) in [7, 11) is 1.66. The summed E-state index contributed by atoms with van der Waals surface area (Å²) in [6.45, 7) is 5.06. The lowest BCUT2D eigenvalue weighted by Gasteiger charge is -2.10. The lowest BCUT2D eigenvalue weighted by Crippen LogP contribution is -2.22. The van der Waals surface area contributed by atoms with Crippen LogP contribution in [0.4, 0.5) is 0 Å². The Morgan fingerprint density at radius 3 is 2.92 bits per heavy atom. The molecule has 1 heterocycles. The molecule has 3 heteroatoms. The van der Waals surface area contributed by atoms with E-state index in [4.69, 9.17) is 4.74 Å². The predicted octanol–water partition coefficient (Wildman–Crippen LogP) is 1.59. The zero-order chi connectivity index (χ0) is 9.68. The third-order valence-corrected chi connectivity index (χ3v) is 1.79. The maximum absolute atomic E-state index is 5.18. The van der Waals surface area contributed by atoms with Crippen molar-refractivity contribution < 1.29 is 4.74 Å². The van der Waals surface area contributed by atoms with Crippen LogP contribution < -0.4 is 10.1 Å². The Balaban J connectivity index is 2.64. The van der Waals surface area contributed by atoms with Crippen molar-refractivity contribution in [3.8, 4) is 5.75 Å². The van der Waals surface area contributed by atoms with Gasteiger partial charge in [0.05, 0.1) is 13.3 Å². The highest BCUT2D eigenvalue weighted by molar-refractivity contribution is 5.29. The Labute approximate surface area is 79.1 Å². The lowest BCUT2D eigenvalue weighted by atomic mass is 10.2. The number of nitrogens with zero attached hydrogens (tertiary/aromatic N) is 1. The van der Waals surface area contributed by atoms with Gasteiger partial charge in [-0.15, -0.1) is 0 Å². The number of aromatic nitrogens is 1. The van der Waals surface area contributed by atoms with Gasteiger partial charge in [0.15, 0.2) is 0 Å². The first-order chi connectivity index (χ1) is 6.24. The molecule has 72 valence electrons. The van der Waals surface area contributed by atoms with Gasteiger partial charge in [-0.3, -0.25) is 4.98 Å². The summed E-state index contributed by atoms with van der Waals surface area (Å²) in [6.07, 6.45) is 3.51. The van der Waals surface area contributed by atoms with Crippen LogP contribution >= 0.6 is 0 Å². The number of hydrogen-bond acceptors (Lipinski definition) is 3. The van der Waals surface area contributed by atoms with Gasteiger partial charge in [0.1, 0.15) is 5.75 Å². The summed E-state index contributed by atoms with van der Waals surface area (Å²) in [4.78, 5) is 3.99. The van der Waals surface area contributed by atoms with Crippen molar-refractivity contribution >= 4 is 0 Å². The molecule has 0 aliphatic carbocycles. The molecule has 0 saturated heterocycles. The van der Waals surface area contributed by atoms with E-state index in [0.29, 0.717) is 6.04 Å². The average Bonchev–Trinajstić information content (AvgIpc) is 2.15. The molecule has 1 rings (SSSR count). The fourth-order valence-electron chi connectivity index (χ4n) is 1.05. The third-order valence-electron chi connectivity index (χ3n) is 1.79. The van der Waals surface area contributed by atoms with Crippen LogP contribution in [0.1, 0.15) is 19.4 Å². The van der Waals surface area contributed by atoms with E-state index in [1.165, 1.54) is 0 Å². The fraction of sp³-hybridized carbons (Fsp3) is 0.500. The highest BCUT2D eigenvalue weighted by atomic mass is 16.5. The lowest BCUT2D eigenvalue weighted by molar-refractivity contribution is 0.404. The second-order valence-corrected chi connectivity index (χ2v) is 3.22. The van der Waals surface area contributed by atoms with Crippen LogP contribution in [0, 0.1) is 0 Å². The molecule has 0 aliphatic rings. The first-order valence-electron chi connectivity index (χ1n) is 4.44. The summed E-state index contributed by atoms with van der Waals surface area (Å²) in [6, 6.07) is 2.45. The minimum Gasteiger partial charge on any atom is -0.495 e. The van der Waals surface area contributed by atoms with Gasteiger partial charge in [0, 0.05) is 24.3 Å². The summed E-state index contributed by atoms with van der Waals surface area (Å²) < 4.78 is 5.18. The number of pyridine rings is 1. The Bertz CT molecular complexity index is 261.